The van der Waals surface area contributed by atoms with Crippen LogP contribution in [0.25, 0.3) is 0 Å². The lowest BCUT2D eigenvalue weighted by atomic mass is 9.82. The molecule has 2 aliphatic carbocycles. The van der Waals surface area contributed by atoms with Gasteiger partial charge in [-0.3, -0.25) is 4.98 Å². The highest BCUT2D eigenvalue weighted by Gasteiger charge is 2.38. The maximum Gasteiger partial charge on any atom is 0.395 e. The van der Waals surface area contributed by atoms with Gasteiger partial charge in [0.1, 0.15) is 5.75 Å². The van der Waals surface area contributed by atoms with Gasteiger partial charge in [-0.25, -0.2) is 9.59 Å². The largest absolute Gasteiger partial charge is 0.489 e. The molecule has 0 unspecified atom stereocenters. The van der Waals surface area contributed by atoms with Crippen molar-refractivity contribution in [1.29, 1.82) is 0 Å². The summed E-state index contributed by atoms with van der Waals surface area (Å²) in [6.45, 7) is 9.12. The number of carboxylic acids is 1. The van der Waals surface area contributed by atoms with Gasteiger partial charge in [-0.2, -0.15) is 0 Å². The molecule has 2 fully saturated rings. The number of carbonyl (C=O) groups excluding carboxylic acids is 1. The fourth-order valence-corrected chi connectivity index (χ4v) is 6.58. The number of hydrogen-bond acceptors (Lipinski definition) is 6. The molecule has 7 nitrogen and oxygen atoms in total. The number of amides is 1. The number of carboxylic acid groups (broad SMARTS) is 1. The van der Waals surface area contributed by atoms with E-state index in [2.05, 4.69) is 34.7 Å². The van der Waals surface area contributed by atoms with E-state index in [0.717, 1.165) is 80.6 Å². The van der Waals surface area contributed by atoms with Crippen molar-refractivity contribution in [3.8, 4) is 17.6 Å². The molecule has 226 valence electrons. The van der Waals surface area contributed by atoms with Crippen molar-refractivity contribution in [1.82, 2.24) is 9.88 Å². The Bertz CT molecular complexity index is 1340. The van der Waals surface area contributed by atoms with Gasteiger partial charge in [-0.1, -0.05) is 18.8 Å². The van der Waals surface area contributed by atoms with Gasteiger partial charge in [-0.05, 0) is 104 Å². The molecule has 8 heteroatoms. The van der Waals surface area contributed by atoms with Crippen molar-refractivity contribution in [2.24, 2.45) is 23.2 Å². The van der Waals surface area contributed by atoms with Crippen LogP contribution < -0.4 is 4.74 Å². The second kappa shape index (κ2) is 14.0. The third kappa shape index (κ3) is 8.99. The molecule has 0 bridgehead atoms. The number of carbonyl (C=O) groups is 2. The summed E-state index contributed by atoms with van der Waals surface area (Å²) < 4.78 is 7.99. The zero-order valence-electron chi connectivity index (χ0n) is 26.0. The van der Waals surface area contributed by atoms with Crippen LogP contribution >= 0.6 is 11.3 Å². The summed E-state index contributed by atoms with van der Waals surface area (Å²) in [7, 11) is 4.06. The molecule has 4 rings (SSSR count). The lowest BCUT2D eigenvalue weighted by Gasteiger charge is -2.27. The minimum absolute atomic E-state index is 0.0136. The van der Waals surface area contributed by atoms with E-state index in [4.69, 9.17) is 4.74 Å². The first-order valence-corrected chi connectivity index (χ1v) is 16.0. The Morgan fingerprint density at radius 3 is 2.40 bits per heavy atom. The van der Waals surface area contributed by atoms with Crippen molar-refractivity contribution in [2.75, 3.05) is 14.1 Å². The van der Waals surface area contributed by atoms with Crippen LogP contribution in [0.4, 0.5) is 5.69 Å². The van der Waals surface area contributed by atoms with E-state index >= 15 is 0 Å². The van der Waals surface area contributed by atoms with Crippen LogP contribution in [0.5, 0.6) is 5.75 Å². The lowest BCUT2D eigenvalue weighted by molar-refractivity contribution is -0.371. The van der Waals surface area contributed by atoms with Crippen molar-refractivity contribution < 1.29 is 24.0 Å². The zero-order chi connectivity index (χ0) is 30.4. The van der Waals surface area contributed by atoms with E-state index in [9.17, 15) is 14.7 Å². The van der Waals surface area contributed by atoms with Crippen molar-refractivity contribution in [3.05, 3.63) is 39.8 Å². The maximum atomic E-state index is 14.0. The SMILES string of the molecule is CC1CCC(C(=O)[N+](=CC2CCC(Oc3cncc(CN(C)C)c3)CC2)c2cc(C#CC(C)(C)C)sc2C(=O)O)CC1. The van der Waals surface area contributed by atoms with Crippen LogP contribution in [0.2, 0.25) is 0 Å². The van der Waals surface area contributed by atoms with E-state index in [1.54, 1.807) is 16.8 Å². The van der Waals surface area contributed by atoms with E-state index < -0.39 is 5.97 Å². The molecular formula is C34H46N3O4S+. The average molecular weight is 593 g/mol. The van der Waals surface area contributed by atoms with E-state index in [1.165, 1.54) is 0 Å². The molecule has 2 aromatic rings. The quantitative estimate of drug-likeness (QED) is 0.202. The molecule has 0 aliphatic heterocycles. The number of aromatic carboxylic acids is 1. The fraction of sp³-hybridized carbons (Fsp3) is 0.588. The minimum atomic E-state index is -1.02. The fourth-order valence-electron chi connectivity index (χ4n) is 5.74. The van der Waals surface area contributed by atoms with E-state index in [0.29, 0.717) is 16.5 Å². The number of hydrogen-bond donors (Lipinski definition) is 1. The molecule has 0 aromatic carbocycles. The van der Waals surface area contributed by atoms with Gasteiger partial charge >= 0.3 is 11.9 Å². The second-order valence-electron chi connectivity index (χ2n) is 13.4. The van der Waals surface area contributed by atoms with Crippen LogP contribution in [-0.4, -0.2) is 57.9 Å². The van der Waals surface area contributed by atoms with E-state index in [-0.39, 0.29) is 34.1 Å². The number of pyridine rings is 1. The standard InChI is InChI=1S/C34H45N3O4S/c1-23-7-11-26(12-8-23)32(38)37(30-18-29(15-16-34(2,3)4)42-31(30)33(39)40)22-24-9-13-27(14-10-24)41-28-17-25(19-35-20-28)21-36(5)6/h17-20,22-24,26-27H,7-14,21H2,1-6H3/p+1. The summed E-state index contributed by atoms with van der Waals surface area (Å²) in [5, 5.41) is 10.1. The molecule has 2 saturated carbocycles. The first-order chi connectivity index (χ1) is 19.9. The molecule has 0 spiro atoms. The summed E-state index contributed by atoms with van der Waals surface area (Å²) in [6, 6.07) is 3.86. The van der Waals surface area contributed by atoms with Gasteiger partial charge in [0.25, 0.3) is 0 Å². The second-order valence-corrected chi connectivity index (χ2v) is 14.4. The third-order valence-corrected chi connectivity index (χ3v) is 9.01. The molecule has 2 aliphatic rings. The Kier molecular flexibility index (Phi) is 10.6. The van der Waals surface area contributed by atoms with Gasteiger partial charge < -0.3 is 14.7 Å². The Balaban J connectivity index is 1.57. The molecule has 42 heavy (non-hydrogen) atoms. The summed E-state index contributed by atoms with van der Waals surface area (Å²) in [5.74, 6) is 6.82. The number of aromatic nitrogens is 1. The average Bonchev–Trinajstić information content (AvgIpc) is 3.36. The summed E-state index contributed by atoms with van der Waals surface area (Å²) in [4.78, 5) is 33.7. The minimum Gasteiger partial charge on any atom is -0.489 e. The van der Waals surface area contributed by atoms with Crippen molar-refractivity contribution >= 4 is 35.1 Å². The van der Waals surface area contributed by atoms with Crippen LogP contribution in [0, 0.1) is 35.0 Å². The van der Waals surface area contributed by atoms with Crippen molar-refractivity contribution in [2.45, 2.75) is 91.7 Å². The third-order valence-electron chi connectivity index (χ3n) is 7.98. The van der Waals surface area contributed by atoms with Gasteiger partial charge in [-0.15, -0.1) is 15.9 Å². The van der Waals surface area contributed by atoms with Gasteiger partial charge in [0, 0.05) is 30.1 Å². The summed E-state index contributed by atoms with van der Waals surface area (Å²) >= 11 is 1.15. The number of thiophene rings is 1. The highest BCUT2D eigenvalue weighted by molar-refractivity contribution is 7.15. The Hall–Kier alpha value is -3.02. The highest BCUT2D eigenvalue weighted by Crippen LogP contribution is 2.35. The first kappa shape index (κ1) is 31.9. The summed E-state index contributed by atoms with van der Waals surface area (Å²) in [5.41, 5.74) is 1.36. The Labute approximate surface area is 255 Å². The van der Waals surface area contributed by atoms with Gasteiger partial charge in [0.05, 0.1) is 23.1 Å². The highest BCUT2D eigenvalue weighted by atomic mass is 32.1. The smallest absolute Gasteiger partial charge is 0.395 e. The zero-order valence-corrected chi connectivity index (χ0v) is 26.8. The van der Waals surface area contributed by atoms with Gasteiger partial charge in [0.15, 0.2) is 11.1 Å². The molecular weight excluding hydrogens is 546 g/mol. The van der Waals surface area contributed by atoms with Crippen LogP contribution in [-0.2, 0) is 11.3 Å². The summed E-state index contributed by atoms with van der Waals surface area (Å²) in [6.07, 6.45) is 12.9. The number of nitrogens with zero attached hydrogens (tertiary/aromatic N) is 3. The topological polar surface area (TPSA) is 82.7 Å². The first-order valence-electron chi connectivity index (χ1n) is 15.2. The van der Waals surface area contributed by atoms with E-state index in [1.807, 2.05) is 47.3 Å². The monoisotopic (exact) mass is 592 g/mol. The maximum absolute atomic E-state index is 14.0. The molecule has 0 atom stereocenters. The molecule has 1 amide bonds. The van der Waals surface area contributed by atoms with Crippen LogP contribution in [0.15, 0.2) is 24.5 Å². The Morgan fingerprint density at radius 1 is 1.10 bits per heavy atom. The van der Waals surface area contributed by atoms with Gasteiger partial charge in [0.2, 0.25) is 5.69 Å². The number of ether oxygens (including phenoxy) is 1. The van der Waals surface area contributed by atoms with Crippen LogP contribution in [0.3, 0.4) is 0 Å². The van der Waals surface area contributed by atoms with Crippen LogP contribution in [0.1, 0.15) is 99.2 Å². The Morgan fingerprint density at radius 2 is 1.79 bits per heavy atom. The van der Waals surface area contributed by atoms with Crippen molar-refractivity contribution in [3.63, 3.8) is 0 Å². The molecule has 1 N–H and O–H groups in total. The normalized spacial score (nSPS) is 23.3. The molecule has 2 heterocycles. The molecule has 2 aromatic heterocycles. The molecule has 0 saturated heterocycles. The number of rotatable bonds is 8. The predicted octanol–water partition coefficient (Wildman–Crippen LogP) is 7.01. The predicted molar refractivity (Wildman–Crippen MR) is 168 cm³/mol. The molecule has 0 radical (unpaired) electrons. The lowest BCUT2D eigenvalue weighted by Crippen LogP contribution is -2.32.